The molecule has 1 N–H and O–H groups in total. The quantitative estimate of drug-likeness (QED) is 0.806. The van der Waals surface area contributed by atoms with Crippen molar-refractivity contribution >= 4 is 17.5 Å². The number of amides is 2. The number of likely N-dealkylation sites (N-methyl/N-ethyl adjacent to an activating group) is 1. The van der Waals surface area contributed by atoms with E-state index in [1.54, 1.807) is 16.8 Å². The molecule has 148 valence electrons. The second kappa shape index (κ2) is 5.89. The van der Waals surface area contributed by atoms with Crippen molar-refractivity contribution in [2.45, 2.75) is 30.5 Å². The van der Waals surface area contributed by atoms with Crippen LogP contribution in [0.2, 0.25) is 0 Å². The summed E-state index contributed by atoms with van der Waals surface area (Å²) in [5.41, 5.74) is 3.26. The molecular weight excluding hydrogens is 370 g/mol. The van der Waals surface area contributed by atoms with Crippen molar-refractivity contribution < 1.29 is 19.1 Å². The third kappa shape index (κ3) is 2.30. The highest BCUT2D eigenvalue weighted by Gasteiger charge is 2.54. The molecule has 0 radical (unpaired) electrons. The van der Waals surface area contributed by atoms with E-state index in [9.17, 15) is 9.59 Å². The van der Waals surface area contributed by atoms with Gasteiger partial charge in [0, 0.05) is 18.7 Å². The van der Waals surface area contributed by atoms with Crippen LogP contribution in [-0.4, -0.2) is 54.1 Å². The Kier molecular flexibility index (Phi) is 3.39. The lowest BCUT2D eigenvalue weighted by Gasteiger charge is -2.51. The average molecular weight is 391 g/mol. The Morgan fingerprint density at radius 1 is 1.07 bits per heavy atom. The molecule has 2 fully saturated rings. The van der Waals surface area contributed by atoms with Crippen molar-refractivity contribution in [1.82, 2.24) is 9.80 Å². The smallest absolute Gasteiger partial charge is 0.245 e. The molecule has 4 atom stereocenters. The molecular formula is C22H21N3O4. The molecule has 0 spiro atoms. The van der Waals surface area contributed by atoms with Crippen molar-refractivity contribution in [3.63, 3.8) is 0 Å². The monoisotopic (exact) mass is 391 g/mol. The van der Waals surface area contributed by atoms with Gasteiger partial charge in [-0.3, -0.25) is 9.59 Å². The molecule has 6 rings (SSSR count). The summed E-state index contributed by atoms with van der Waals surface area (Å²) in [5.74, 6) is 1.55. The van der Waals surface area contributed by atoms with Gasteiger partial charge in [0.25, 0.3) is 0 Å². The average Bonchev–Trinajstić information content (AvgIpc) is 3.34. The molecule has 4 aliphatic rings. The Hall–Kier alpha value is -3.22. The molecule has 7 nitrogen and oxygen atoms in total. The Morgan fingerprint density at radius 2 is 1.90 bits per heavy atom. The minimum Gasteiger partial charge on any atom is -0.454 e. The number of piperidine rings is 1. The van der Waals surface area contributed by atoms with Crippen LogP contribution in [0.25, 0.3) is 0 Å². The SMILES string of the molecule is CN1CC(=O)N2C(c3ccc4c(c3)OCO4)C3Nc4ccccc4C3C[C@H]2C1=O. The van der Waals surface area contributed by atoms with Crippen LogP contribution in [0.15, 0.2) is 42.5 Å². The molecule has 2 aromatic carbocycles. The van der Waals surface area contributed by atoms with E-state index in [2.05, 4.69) is 17.4 Å². The van der Waals surface area contributed by atoms with Crippen LogP contribution in [0.4, 0.5) is 5.69 Å². The number of anilines is 1. The van der Waals surface area contributed by atoms with E-state index in [1.165, 1.54) is 5.56 Å². The van der Waals surface area contributed by atoms with Gasteiger partial charge in [0.05, 0.1) is 18.6 Å². The van der Waals surface area contributed by atoms with Crippen molar-refractivity contribution in [2.75, 3.05) is 25.7 Å². The van der Waals surface area contributed by atoms with E-state index >= 15 is 0 Å². The zero-order chi connectivity index (χ0) is 19.7. The molecule has 0 aliphatic carbocycles. The van der Waals surface area contributed by atoms with Crippen LogP contribution < -0.4 is 14.8 Å². The summed E-state index contributed by atoms with van der Waals surface area (Å²) in [7, 11) is 1.71. The van der Waals surface area contributed by atoms with Gasteiger partial charge in [-0.15, -0.1) is 0 Å². The van der Waals surface area contributed by atoms with Gasteiger partial charge in [-0.2, -0.15) is 0 Å². The van der Waals surface area contributed by atoms with Gasteiger partial charge in [-0.25, -0.2) is 0 Å². The van der Waals surface area contributed by atoms with Gasteiger partial charge < -0.3 is 24.6 Å². The largest absolute Gasteiger partial charge is 0.454 e. The molecule has 7 heteroatoms. The van der Waals surface area contributed by atoms with Crippen LogP contribution in [0.3, 0.4) is 0 Å². The lowest BCUT2D eigenvalue weighted by Crippen LogP contribution is -2.64. The third-order valence-electron chi connectivity index (χ3n) is 6.63. The molecule has 2 amide bonds. The maximum absolute atomic E-state index is 13.1. The van der Waals surface area contributed by atoms with E-state index < -0.39 is 6.04 Å². The summed E-state index contributed by atoms with van der Waals surface area (Å²) in [6.45, 7) is 0.314. The first kappa shape index (κ1) is 16.7. The number of ether oxygens (including phenoxy) is 2. The first-order valence-corrected chi connectivity index (χ1v) is 9.93. The molecule has 3 unspecified atom stereocenters. The molecule has 4 heterocycles. The number of piperazine rings is 1. The summed E-state index contributed by atoms with van der Waals surface area (Å²) in [4.78, 5) is 29.5. The standard InChI is InChI=1S/C22H21N3O4/c1-24-10-19(26)25-16(22(24)27)9-14-13-4-2-3-5-15(13)23-20(14)21(25)12-6-7-17-18(8-12)29-11-28-17/h2-8,14,16,20-21,23H,9-11H2,1H3/t14?,16-,20?,21?/m0/s1. The molecule has 0 saturated carbocycles. The second-order valence-corrected chi connectivity index (χ2v) is 8.17. The normalized spacial score (nSPS) is 29.3. The number of carbonyl (C=O) groups excluding carboxylic acids is 2. The highest BCUT2D eigenvalue weighted by Crippen LogP contribution is 2.51. The Bertz CT molecular complexity index is 1040. The van der Waals surface area contributed by atoms with Crippen molar-refractivity contribution in [3.05, 3.63) is 53.6 Å². The number of carbonyl (C=O) groups is 2. The van der Waals surface area contributed by atoms with Gasteiger partial charge in [0.2, 0.25) is 18.6 Å². The van der Waals surface area contributed by atoms with Crippen LogP contribution in [0, 0.1) is 0 Å². The molecule has 2 saturated heterocycles. The summed E-state index contributed by atoms with van der Waals surface area (Å²) >= 11 is 0. The predicted octanol–water partition coefficient (Wildman–Crippen LogP) is 2.11. The zero-order valence-corrected chi connectivity index (χ0v) is 16.0. The fourth-order valence-corrected chi connectivity index (χ4v) is 5.35. The first-order valence-electron chi connectivity index (χ1n) is 9.93. The number of hydrogen-bond acceptors (Lipinski definition) is 5. The van der Waals surface area contributed by atoms with E-state index in [-0.39, 0.29) is 43.2 Å². The lowest BCUT2D eigenvalue weighted by molar-refractivity contribution is -0.161. The molecule has 2 aromatic rings. The Balaban J connectivity index is 1.49. The minimum atomic E-state index is -0.453. The number of nitrogens with zero attached hydrogens (tertiary/aromatic N) is 2. The lowest BCUT2D eigenvalue weighted by atomic mass is 9.76. The number of benzene rings is 2. The molecule has 4 aliphatic heterocycles. The number of fused-ring (bicyclic) bond motifs is 5. The fourth-order valence-electron chi connectivity index (χ4n) is 5.35. The van der Waals surface area contributed by atoms with Crippen LogP contribution in [0.1, 0.15) is 29.5 Å². The summed E-state index contributed by atoms with van der Waals surface area (Å²) < 4.78 is 11.0. The van der Waals surface area contributed by atoms with Crippen molar-refractivity contribution in [2.24, 2.45) is 0 Å². The zero-order valence-electron chi connectivity index (χ0n) is 16.0. The predicted molar refractivity (Wildman–Crippen MR) is 105 cm³/mol. The molecule has 0 bridgehead atoms. The minimum absolute atomic E-state index is 0.00387. The summed E-state index contributed by atoms with van der Waals surface area (Å²) in [6.07, 6.45) is 0.630. The van der Waals surface area contributed by atoms with Gasteiger partial charge in [0.15, 0.2) is 11.5 Å². The molecule has 29 heavy (non-hydrogen) atoms. The fraction of sp³-hybridized carbons (Fsp3) is 0.364. The summed E-state index contributed by atoms with van der Waals surface area (Å²) in [6, 6.07) is 13.4. The van der Waals surface area contributed by atoms with Crippen molar-refractivity contribution in [1.29, 1.82) is 0 Å². The summed E-state index contributed by atoms with van der Waals surface area (Å²) in [5, 5.41) is 3.64. The highest BCUT2D eigenvalue weighted by atomic mass is 16.7. The number of para-hydroxylation sites is 1. The Labute approximate surface area is 168 Å². The topological polar surface area (TPSA) is 71.1 Å². The number of nitrogens with one attached hydrogen (secondary N) is 1. The van der Waals surface area contributed by atoms with Gasteiger partial charge >= 0.3 is 0 Å². The number of hydrogen-bond donors (Lipinski definition) is 1. The van der Waals surface area contributed by atoms with Gasteiger partial charge in [-0.05, 0) is 35.7 Å². The van der Waals surface area contributed by atoms with Gasteiger partial charge in [-0.1, -0.05) is 24.3 Å². The van der Waals surface area contributed by atoms with Crippen LogP contribution in [-0.2, 0) is 9.59 Å². The third-order valence-corrected chi connectivity index (χ3v) is 6.63. The van der Waals surface area contributed by atoms with E-state index in [0.29, 0.717) is 17.9 Å². The van der Waals surface area contributed by atoms with E-state index in [4.69, 9.17) is 9.47 Å². The maximum Gasteiger partial charge on any atom is 0.245 e. The van der Waals surface area contributed by atoms with E-state index in [1.807, 2.05) is 30.3 Å². The second-order valence-electron chi connectivity index (χ2n) is 8.17. The highest BCUT2D eigenvalue weighted by molar-refractivity contribution is 5.95. The van der Waals surface area contributed by atoms with E-state index in [0.717, 1.165) is 11.3 Å². The number of rotatable bonds is 1. The first-order chi connectivity index (χ1) is 14.1. The van der Waals surface area contributed by atoms with Crippen LogP contribution >= 0.6 is 0 Å². The van der Waals surface area contributed by atoms with Gasteiger partial charge in [0.1, 0.15) is 6.04 Å². The molecule has 0 aromatic heterocycles. The van der Waals surface area contributed by atoms with Crippen molar-refractivity contribution in [3.8, 4) is 11.5 Å². The maximum atomic E-state index is 13.1. The van der Waals surface area contributed by atoms with Crippen LogP contribution in [0.5, 0.6) is 11.5 Å². The Morgan fingerprint density at radius 3 is 2.79 bits per heavy atom.